The van der Waals surface area contributed by atoms with Crippen LogP contribution < -0.4 is 9.46 Å². The average Bonchev–Trinajstić information content (AvgIpc) is 2.91. The standard InChI is InChI=1S/C18H18N2O5S/c1-24-14-8-6-13(7-9-14)12-25-17(21)10-11-19-18-15-4-2-3-5-16(15)26(22,23)20-18/h2-9H,10-12H2,1H3,(H,19,20). The van der Waals surface area contributed by atoms with Crippen molar-refractivity contribution in [3.05, 3.63) is 59.7 Å². The summed E-state index contributed by atoms with van der Waals surface area (Å²) in [6.07, 6.45) is 0.0591. The molecule has 1 aliphatic heterocycles. The highest BCUT2D eigenvalue weighted by atomic mass is 32.2. The highest BCUT2D eigenvalue weighted by molar-refractivity contribution is 7.90. The number of methoxy groups -OCH3 is 1. The van der Waals surface area contributed by atoms with Gasteiger partial charge < -0.3 is 9.47 Å². The fraction of sp³-hybridized carbons (Fsp3) is 0.222. The third-order valence-electron chi connectivity index (χ3n) is 3.81. The predicted molar refractivity (Wildman–Crippen MR) is 95.6 cm³/mol. The minimum atomic E-state index is -3.56. The Labute approximate surface area is 151 Å². The molecule has 0 amide bonds. The van der Waals surface area contributed by atoms with Gasteiger partial charge in [0.2, 0.25) is 0 Å². The summed E-state index contributed by atoms with van der Waals surface area (Å²) in [5, 5.41) is 0. The second-order valence-electron chi connectivity index (χ2n) is 5.59. The number of benzene rings is 2. The Morgan fingerprint density at radius 3 is 2.58 bits per heavy atom. The number of carbonyl (C=O) groups excluding carboxylic acids is 1. The van der Waals surface area contributed by atoms with Gasteiger partial charge in [-0.15, -0.1) is 0 Å². The largest absolute Gasteiger partial charge is 0.497 e. The van der Waals surface area contributed by atoms with Gasteiger partial charge in [-0.1, -0.05) is 24.3 Å². The van der Waals surface area contributed by atoms with E-state index >= 15 is 0 Å². The van der Waals surface area contributed by atoms with Crippen molar-refractivity contribution in [1.29, 1.82) is 0 Å². The summed E-state index contributed by atoms with van der Waals surface area (Å²) in [5.74, 6) is 0.582. The van der Waals surface area contributed by atoms with Gasteiger partial charge in [-0.3, -0.25) is 14.5 Å². The summed E-state index contributed by atoms with van der Waals surface area (Å²) < 4.78 is 36.6. The lowest BCUT2D eigenvalue weighted by Crippen LogP contribution is -2.22. The highest BCUT2D eigenvalue weighted by Crippen LogP contribution is 2.22. The molecule has 2 aromatic carbocycles. The second kappa shape index (κ2) is 7.57. The van der Waals surface area contributed by atoms with E-state index in [9.17, 15) is 13.2 Å². The molecule has 0 fully saturated rings. The number of hydrogen-bond donors (Lipinski definition) is 1. The number of ether oxygens (including phenoxy) is 2. The van der Waals surface area contributed by atoms with Gasteiger partial charge in [-0.25, -0.2) is 8.42 Å². The number of carbonyl (C=O) groups is 1. The molecule has 0 aromatic heterocycles. The van der Waals surface area contributed by atoms with Crippen LogP contribution in [0.2, 0.25) is 0 Å². The van der Waals surface area contributed by atoms with Crippen molar-refractivity contribution in [2.24, 2.45) is 4.99 Å². The smallest absolute Gasteiger partial charge is 0.308 e. The first kappa shape index (κ1) is 17.9. The van der Waals surface area contributed by atoms with Crippen molar-refractivity contribution in [3.8, 4) is 5.75 Å². The molecule has 3 rings (SSSR count). The summed E-state index contributed by atoms with van der Waals surface area (Å²) in [6, 6.07) is 13.8. The van der Waals surface area contributed by atoms with E-state index in [1.165, 1.54) is 6.07 Å². The molecule has 0 aliphatic carbocycles. The molecule has 7 nitrogen and oxygen atoms in total. The molecule has 26 heavy (non-hydrogen) atoms. The average molecular weight is 374 g/mol. The van der Waals surface area contributed by atoms with Crippen LogP contribution in [-0.4, -0.2) is 33.9 Å². The summed E-state index contributed by atoms with van der Waals surface area (Å²) >= 11 is 0. The number of nitrogens with one attached hydrogen (secondary N) is 1. The number of nitrogens with zero attached hydrogens (tertiary/aromatic N) is 1. The van der Waals surface area contributed by atoms with Gasteiger partial charge in [0.25, 0.3) is 10.0 Å². The van der Waals surface area contributed by atoms with E-state index in [1.54, 1.807) is 37.4 Å². The zero-order chi connectivity index (χ0) is 18.6. The molecule has 0 spiro atoms. The number of hydrogen-bond acceptors (Lipinski definition) is 6. The van der Waals surface area contributed by atoms with Crippen molar-refractivity contribution in [2.45, 2.75) is 17.9 Å². The van der Waals surface area contributed by atoms with Crippen LogP contribution in [0, 0.1) is 0 Å². The van der Waals surface area contributed by atoms with Crippen LogP contribution in [0.3, 0.4) is 0 Å². The van der Waals surface area contributed by atoms with Gasteiger partial charge in [-0.2, -0.15) is 0 Å². The maximum atomic E-state index is 12.0. The Morgan fingerprint density at radius 1 is 1.12 bits per heavy atom. The third kappa shape index (κ3) is 4.02. The van der Waals surface area contributed by atoms with Crippen LogP contribution in [0.5, 0.6) is 5.75 Å². The fourth-order valence-corrected chi connectivity index (χ4v) is 3.72. The number of esters is 1. The molecule has 1 aliphatic rings. The highest BCUT2D eigenvalue weighted by Gasteiger charge is 2.29. The van der Waals surface area contributed by atoms with Crippen LogP contribution in [0.25, 0.3) is 0 Å². The van der Waals surface area contributed by atoms with E-state index in [-0.39, 0.29) is 30.3 Å². The molecule has 8 heteroatoms. The topological polar surface area (TPSA) is 94.1 Å². The molecule has 0 atom stereocenters. The van der Waals surface area contributed by atoms with E-state index in [4.69, 9.17) is 9.47 Å². The van der Waals surface area contributed by atoms with Crippen molar-refractivity contribution in [2.75, 3.05) is 13.7 Å². The van der Waals surface area contributed by atoms with Crippen molar-refractivity contribution in [3.63, 3.8) is 0 Å². The van der Waals surface area contributed by atoms with E-state index in [0.29, 0.717) is 5.56 Å². The molecule has 0 radical (unpaired) electrons. The molecule has 0 saturated heterocycles. The summed E-state index contributed by atoms with van der Waals surface area (Å²) in [4.78, 5) is 16.2. The van der Waals surface area contributed by atoms with Gasteiger partial charge >= 0.3 is 5.97 Å². The van der Waals surface area contributed by atoms with E-state index in [1.807, 2.05) is 12.1 Å². The first-order chi connectivity index (χ1) is 12.5. The first-order valence-corrected chi connectivity index (χ1v) is 9.43. The van der Waals surface area contributed by atoms with Crippen LogP contribution in [0.15, 0.2) is 58.4 Å². The molecule has 2 aromatic rings. The molecular formula is C18H18N2O5S. The number of rotatable bonds is 6. The van der Waals surface area contributed by atoms with Crippen molar-refractivity contribution in [1.82, 2.24) is 4.72 Å². The number of amidine groups is 1. The summed E-state index contributed by atoms with van der Waals surface area (Å²) in [6.45, 7) is 0.294. The minimum Gasteiger partial charge on any atom is -0.497 e. The number of aliphatic imine (C=N–C) groups is 1. The SMILES string of the molecule is COc1ccc(COC(=O)CCN=C2NS(=O)(=O)c3ccccc32)cc1. The monoisotopic (exact) mass is 374 g/mol. The Morgan fingerprint density at radius 2 is 1.85 bits per heavy atom. The molecule has 0 unspecified atom stereocenters. The maximum Gasteiger partial charge on any atom is 0.308 e. The second-order valence-corrected chi connectivity index (χ2v) is 7.24. The van der Waals surface area contributed by atoms with Gasteiger partial charge in [0, 0.05) is 5.56 Å². The van der Waals surface area contributed by atoms with Gasteiger partial charge in [-0.05, 0) is 29.8 Å². The maximum absolute atomic E-state index is 12.0. The van der Waals surface area contributed by atoms with Crippen LogP contribution in [0.4, 0.5) is 0 Å². The summed E-state index contributed by atoms with van der Waals surface area (Å²) in [7, 11) is -1.98. The van der Waals surface area contributed by atoms with E-state index < -0.39 is 16.0 Å². The molecule has 1 heterocycles. The predicted octanol–water partition coefficient (Wildman–Crippen LogP) is 1.87. The van der Waals surface area contributed by atoms with Crippen molar-refractivity contribution < 1.29 is 22.7 Å². The van der Waals surface area contributed by atoms with Gasteiger partial charge in [0.05, 0.1) is 25.0 Å². The summed E-state index contributed by atoms with van der Waals surface area (Å²) in [5.41, 5.74) is 1.36. The van der Waals surface area contributed by atoms with Crippen LogP contribution >= 0.6 is 0 Å². The zero-order valence-corrected chi connectivity index (χ0v) is 15.0. The molecule has 1 N–H and O–H groups in total. The lowest BCUT2D eigenvalue weighted by molar-refractivity contribution is -0.144. The van der Waals surface area contributed by atoms with E-state index in [0.717, 1.165) is 11.3 Å². The first-order valence-electron chi connectivity index (χ1n) is 7.95. The minimum absolute atomic E-state index is 0.0591. The normalized spacial score (nSPS) is 16.0. The molecular weight excluding hydrogens is 356 g/mol. The number of fused-ring (bicyclic) bond motifs is 1. The van der Waals surface area contributed by atoms with Crippen LogP contribution in [-0.2, 0) is 26.2 Å². The Bertz CT molecular complexity index is 936. The van der Waals surface area contributed by atoms with Crippen molar-refractivity contribution >= 4 is 21.8 Å². The quantitative estimate of drug-likeness (QED) is 0.779. The van der Waals surface area contributed by atoms with E-state index in [2.05, 4.69) is 9.71 Å². The lowest BCUT2D eigenvalue weighted by Gasteiger charge is -2.05. The van der Waals surface area contributed by atoms with Crippen LogP contribution in [0.1, 0.15) is 17.5 Å². The Balaban J connectivity index is 1.53. The lowest BCUT2D eigenvalue weighted by atomic mass is 10.2. The third-order valence-corrected chi connectivity index (χ3v) is 5.20. The molecule has 0 saturated carbocycles. The van der Waals surface area contributed by atoms with Gasteiger partial charge in [0.15, 0.2) is 0 Å². The van der Waals surface area contributed by atoms with Gasteiger partial charge in [0.1, 0.15) is 18.2 Å². The zero-order valence-electron chi connectivity index (χ0n) is 14.1. The Hall–Kier alpha value is -2.87. The molecule has 136 valence electrons. The number of sulfonamides is 1. The molecule has 0 bridgehead atoms. The Kier molecular flexibility index (Phi) is 5.22. The fourth-order valence-electron chi connectivity index (χ4n) is 2.47.